The standard InChI is InChI=1S/C34H32NS2.C15H28O2.Ir/c1-20(2)13-26-16-25-15-23(11-12-31(25)37-26)28-18-30(35-32-21(3)19-36-33(28)32)24-14-22-9-7-8-10-27(22)29(17-24)34(4,5)6;1-7-14(5,8-2)12(16)11-13(17)15(6,9-3)10-4;/h7-12,15-20H,13H2,1-6H3;11,16H,7-10H2,1-6H3;/q-1;;/b;12-11-;. The zero-order chi connectivity index (χ0) is 39.6. The summed E-state index contributed by atoms with van der Waals surface area (Å²) in [5.74, 6) is 0.953. The second-order valence-corrected chi connectivity index (χ2v) is 19.1. The molecule has 3 aromatic carbocycles. The van der Waals surface area contributed by atoms with Gasteiger partial charge in [0, 0.05) is 52.3 Å². The SMILES string of the molecule is CCC(C)(CC)C(=O)/C=C(\O)C(C)(CC)CC.Cc1csc2c(-c3ccc4sc(CC(C)C)cc4c3)cc(-c3[c-]c4ccccc4c(C(C)(C)C)c3)nc12.[Ir]. The molecule has 1 radical (unpaired) electrons. The molecule has 0 atom stereocenters. The molecule has 0 fully saturated rings. The van der Waals surface area contributed by atoms with E-state index >= 15 is 0 Å². The quantitative estimate of drug-likeness (QED) is 0.0800. The number of aliphatic hydroxyl groups excluding tert-OH is 1. The monoisotopic (exact) mass is 951 g/mol. The van der Waals surface area contributed by atoms with Gasteiger partial charge in [-0.15, -0.1) is 51.8 Å². The van der Waals surface area contributed by atoms with E-state index in [9.17, 15) is 9.90 Å². The van der Waals surface area contributed by atoms with E-state index < -0.39 is 0 Å². The summed E-state index contributed by atoms with van der Waals surface area (Å²) < 4.78 is 2.63. The fourth-order valence-corrected chi connectivity index (χ4v) is 9.20. The third-order valence-electron chi connectivity index (χ3n) is 11.6. The summed E-state index contributed by atoms with van der Waals surface area (Å²) in [7, 11) is 0. The van der Waals surface area contributed by atoms with E-state index in [1.807, 2.05) is 52.9 Å². The molecule has 3 heterocycles. The van der Waals surface area contributed by atoms with Crippen LogP contribution in [-0.2, 0) is 36.7 Å². The second kappa shape index (κ2) is 18.0. The molecule has 6 aromatic rings. The Labute approximate surface area is 352 Å². The number of carbonyl (C=O) groups is 1. The molecule has 0 spiro atoms. The molecule has 0 saturated heterocycles. The van der Waals surface area contributed by atoms with Gasteiger partial charge in [0.15, 0.2) is 5.78 Å². The third kappa shape index (κ3) is 9.70. The topological polar surface area (TPSA) is 50.2 Å². The van der Waals surface area contributed by atoms with Gasteiger partial charge in [0.1, 0.15) is 5.76 Å². The number of hydrogen-bond acceptors (Lipinski definition) is 5. The van der Waals surface area contributed by atoms with Crippen LogP contribution in [0.2, 0.25) is 0 Å². The van der Waals surface area contributed by atoms with Crippen molar-refractivity contribution < 1.29 is 30.0 Å². The Morgan fingerprint density at radius 2 is 1.55 bits per heavy atom. The molecule has 1 N–H and O–H groups in total. The van der Waals surface area contributed by atoms with Crippen molar-refractivity contribution in [2.24, 2.45) is 16.7 Å². The van der Waals surface area contributed by atoms with Crippen molar-refractivity contribution in [3.05, 3.63) is 99.9 Å². The number of rotatable bonds is 11. The van der Waals surface area contributed by atoms with Crippen LogP contribution < -0.4 is 0 Å². The Morgan fingerprint density at radius 3 is 2.16 bits per heavy atom. The minimum absolute atomic E-state index is 0. The summed E-state index contributed by atoms with van der Waals surface area (Å²) in [6, 6.07) is 26.2. The van der Waals surface area contributed by atoms with Crippen molar-refractivity contribution in [3.63, 3.8) is 0 Å². The number of fused-ring (bicyclic) bond motifs is 3. The Balaban J connectivity index is 0.000000320. The number of ketones is 1. The molecule has 0 saturated carbocycles. The largest absolute Gasteiger partial charge is 0.512 e. The fraction of sp³-hybridized carbons (Fsp3) is 0.429. The van der Waals surface area contributed by atoms with E-state index in [0.717, 1.165) is 54.3 Å². The van der Waals surface area contributed by atoms with E-state index in [0.29, 0.717) is 5.92 Å². The number of nitrogens with zero attached hydrogens (tertiary/aromatic N) is 1. The molecular weight excluding hydrogens is 891 g/mol. The Kier molecular flexibility index (Phi) is 14.6. The first kappa shape index (κ1) is 44.6. The summed E-state index contributed by atoms with van der Waals surface area (Å²) in [6.45, 7) is 25.7. The number of pyridine rings is 1. The molecule has 0 amide bonds. The summed E-state index contributed by atoms with van der Waals surface area (Å²) in [6.07, 6.45) is 5.89. The van der Waals surface area contributed by atoms with Gasteiger partial charge in [0.05, 0.1) is 10.2 Å². The Bertz CT molecular complexity index is 2290. The van der Waals surface area contributed by atoms with Crippen LogP contribution in [0.3, 0.4) is 0 Å². The van der Waals surface area contributed by atoms with Crippen LogP contribution in [0.4, 0.5) is 0 Å². The molecule has 3 aromatic heterocycles. The summed E-state index contributed by atoms with van der Waals surface area (Å²) >= 11 is 3.73. The predicted octanol–water partition coefficient (Wildman–Crippen LogP) is 15.3. The summed E-state index contributed by atoms with van der Waals surface area (Å²) in [4.78, 5) is 18.8. The number of carbonyl (C=O) groups excluding carboxylic acids is 1. The van der Waals surface area contributed by atoms with Crippen molar-refractivity contribution in [2.45, 2.75) is 121 Å². The molecule has 55 heavy (non-hydrogen) atoms. The summed E-state index contributed by atoms with van der Waals surface area (Å²) in [5, 5.41) is 16.1. The van der Waals surface area contributed by atoms with Gasteiger partial charge in [-0.2, -0.15) is 0 Å². The first-order chi connectivity index (χ1) is 25.5. The van der Waals surface area contributed by atoms with Gasteiger partial charge in [-0.05, 0) is 96.0 Å². The van der Waals surface area contributed by atoms with Gasteiger partial charge in [0.25, 0.3) is 0 Å². The van der Waals surface area contributed by atoms with Gasteiger partial charge in [0.2, 0.25) is 0 Å². The minimum Gasteiger partial charge on any atom is -0.512 e. The maximum atomic E-state index is 12.2. The van der Waals surface area contributed by atoms with Crippen LogP contribution in [0.5, 0.6) is 0 Å². The van der Waals surface area contributed by atoms with E-state index in [4.69, 9.17) is 4.98 Å². The number of thiophene rings is 2. The van der Waals surface area contributed by atoms with Crippen LogP contribution in [0.1, 0.15) is 118 Å². The number of aryl methyl sites for hydroxylation is 1. The van der Waals surface area contributed by atoms with E-state index in [1.165, 1.54) is 53.4 Å². The number of hydrogen-bond donors (Lipinski definition) is 1. The average Bonchev–Trinajstić information content (AvgIpc) is 3.74. The average molecular weight is 951 g/mol. The van der Waals surface area contributed by atoms with Crippen molar-refractivity contribution in [1.82, 2.24) is 4.98 Å². The number of allylic oxidation sites excluding steroid dienone is 2. The van der Waals surface area contributed by atoms with Gasteiger partial charge in [-0.25, -0.2) is 0 Å². The van der Waals surface area contributed by atoms with Crippen LogP contribution >= 0.6 is 22.7 Å². The number of benzene rings is 3. The van der Waals surface area contributed by atoms with E-state index in [2.05, 4.69) is 114 Å². The molecule has 295 valence electrons. The van der Waals surface area contributed by atoms with Gasteiger partial charge in [-0.1, -0.05) is 117 Å². The smallest absolute Gasteiger partial charge is 0.164 e. The number of aromatic nitrogens is 1. The normalized spacial score (nSPS) is 12.6. The van der Waals surface area contributed by atoms with Crippen LogP contribution in [0.15, 0.2) is 77.9 Å². The minimum atomic E-state index is -0.337. The summed E-state index contributed by atoms with van der Waals surface area (Å²) in [5.41, 5.74) is 7.65. The van der Waals surface area contributed by atoms with Crippen molar-refractivity contribution >= 4 is 59.5 Å². The van der Waals surface area contributed by atoms with Gasteiger partial charge >= 0.3 is 0 Å². The Morgan fingerprint density at radius 1 is 0.891 bits per heavy atom. The molecule has 6 rings (SSSR count). The van der Waals surface area contributed by atoms with Gasteiger partial charge < -0.3 is 5.11 Å². The number of aliphatic hydroxyl groups is 1. The third-order valence-corrected chi connectivity index (χ3v) is 13.9. The predicted molar refractivity (Wildman–Crippen MR) is 237 cm³/mol. The fourth-order valence-electron chi connectivity index (χ4n) is 6.92. The maximum absolute atomic E-state index is 12.2. The molecular formula is C49H60IrNO2S2-. The van der Waals surface area contributed by atoms with Crippen molar-refractivity contribution in [3.8, 4) is 22.4 Å². The molecule has 0 aliphatic heterocycles. The molecule has 0 bridgehead atoms. The van der Waals surface area contributed by atoms with Gasteiger partial charge in [-0.3, -0.25) is 9.78 Å². The van der Waals surface area contributed by atoms with Crippen LogP contribution in [0.25, 0.3) is 53.5 Å². The first-order valence-corrected chi connectivity index (χ1v) is 21.5. The zero-order valence-electron chi connectivity index (χ0n) is 35.0. The van der Waals surface area contributed by atoms with Crippen molar-refractivity contribution in [2.75, 3.05) is 0 Å². The molecule has 0 aliphatic carbocycles. The molecule has 0 aliphatic rings. The Hall–Kier alpha value is -3.15. The van der Waals surface area contributed by atoms with E-state index in [-0.39, 0.29) is 47.9 Å². The van der Waals surface area contributed by atoms with Crippen molar-refractivity contribution in [1.29, 1.82) is 0 Å². The molecule has 3 nitrogen and oxygen atoms in total. The van der Waals surface area contributed by atoms with E-state index in [1.54, 1.807) is 11.3 Å². The molecule has 0 unspecified atom stereocenters. The van der Waals surface area contributed by atoms with Crippen LogP contribution in [-0.4, -0.2) is 15.9 Å². The maximum Gasteiger partial charge on any atom is 0.164 e. The first-order valence-electron chi connectivity index (χ1n) is 19.8. The molecule has 6 heteroatoms. The second-order valence-electron chi connectivity index (χ2n) is 17.0. The zero-order valence-corrected chi connectivity index (χ0v) is 39.0. The van der Waals surface area contributed by atoms with Crippen LogP contribution in [0, 0.1) is 29.7 Å².